The molecule has 4 heteroatoms. The van der Waals surface area contributed by atoms with Crippen LogP contribution >= 0.6 is 0 Å². The summed E-state index contributed by atoms with van der Waals surface area (Å²) in [5.74, 6) is 0.636. The average molecular weight is 310 g/mol. The first-order chi connectivity index (χ1) is 11.2. The van der Waals surface area contributed by atoms with Crippen molar-refractivity contribution < 1.29 is 9.53 Å². The van der Waals surface area contributed by atoms with Crippen LogP contribution in [0.4, 0.5) is 5.69 Å². The standard InChI is InChI=1S/C19H22N2O2/c1-15-6-8-17(9-7-15)23-14-19(22)20-11-13-21-12-10-16-4-2-3-5-18(16)21/h2-9H,10-14H2,1H3,(H,20,22). The molecule has 0 radical (unpaired) electrons. The molecule has 2 aromatic carbocycles. The van der Waals surface area contributed by atoms with E-state index in [1.54, 1.807) is 0 Å². The van der Waals surface area contributed by atoms with Gasteiger partial charge in [-0.3, -0.25) is 4.79 Å². The Labute approximate surface area is 137 Å². The largest absolute Gasteiger partial charge is 0.484 e. The van der Waals surface area contributed by atoms with Gasteiger partial charge in [-0.25, -0.2) is 0 Å². The van der Waals surface area contributed by atoms with E-state index in [9.17, 15) is 4.79 Å². The van der Waals surface area contributed by atoms with E-state index in [4.69, 9.17) is 4.74 Å². The Hall–Kier alpha value is -2.49. The van der Waals surface area contributed by atoms with Gasteiger partial charge < -0.3 is 15.0 Å². The zero-order valence-electron chi connectivity index (χ0n) is 13.4. The van der Waals surface area contributed by atoms with Gasteiger partial charge >= 0.3 is 0 Å². The van der Waals surface area contributed by atoms with E-state index in [-0.39, 0.29) is 12.5 Å². The van der Waals surface area contributed by atoms with E-state index in [2.05, 4.69) is 34.5 Å². The molecule has 4 nitrogen and oxygen atoms in total. The molecule has 1 aliphatic heterocycles. The summed E-state index contributed by atoms with van der Waals surface area (Å²) in [5.41, 5.74) is 3.85. The van der Waals surface area contributed by atoms with Crippen LogP contribution in [0.2, 0.25) is 0 Å². The maximum absolute atomic E-state index is 11.8. The van der Waals surface area contributed by atoms with Crippen molar-refractivity contribution in [2.75, 3.05) is 31.1 Å². The number of nitrogens with zero attached hydrogens (tertiary/aromatic N) is 1. The number of hydrogen-bond acceptors (Lipinski definition) is 3. The highest BCUT2D eigenvalue weighted by atomic mass is 16.5. The number of anilines is 1. The quantitative estimate of drug-likeness (QED) is 0.891. The second-order valence-electron chi connectivity index (χ2n) is 5.82. The van der Waals surface area contributed by atoms with Gasteiger partial charge in [0.25, 0.3) is 5.91 Å². The summed E-state index contributed by atoms with van der Waals surface area (Å²) in [5, 5.41) is 2.92. The van der Waals surface area contributed by atoms with E-state index < -0.39 is 0 Å². The first-order valence-corrected chi connectivity index (χ1v) is 8.01. The number of fused-ring (bicyclic) bond motifs is 1. The molecule has 1 heterocycles. The maximum atomic E-state index is 11.8. The SMILES string of the molecule is Cc1ccc(OCC(=O)NCCN2CCc3ccccc32)cc1. The fourth-order valence-corrected chi connectivity index (χ4v) is 2.80. The van der Waals surface area contributed by atoms with Crippen molar-refractivity contribution in [1.82, 2.24) is 5.32 Å². The number of ether oxygens (including phenoxy) is 1. The zero-order chi connectivity index (χ0) is 16.1. The van der Waals surface area contributed by atoms with Crippen molar-refractivity contribution in [1.29, 1.82) is 0 Å². The van der Waals surface area contributed by atoms with Crippen LogP contribution in [-0.2, 0) is 11.2 Å². The monoisotopic (exact) mass is 310 g/mol. The molecule has 1 N–H and O–H groups in total. The maximum Gasteiger partial charge on any atom is 0.258 e. The lowest BCUT2D eigenvalue weighted by Crippen LogP contribution is -2.36. The van der Waals surface area contributed by atoms with E-state index in [1.807, 2.05) is 31.2 Å². The van der Waals surface area contributed by atoms with Crippen molar-refractivity contribution in [2.24, 2.45) is 0 Å². The molecular weight excluding hydrogens is 288 g/mol. The van der Waals surface area contributed by atoms with Crippen molar-refractivity contribution in [3.05, 3.63) is 59.7 Å². The molecule has 0 unspecified atom stereocenters. The lowest BCUT2D eigenvalue weighted by Gasteiger charge is -2.19. The van der Waals surface area contributed by atoms with Crippen molar-refractivity contribution >= 4 is 11.6 Å². The highest BCUT2D eigenvalue weighted by Crippen LogP contribution is 2.26. The Bertz CT molecular complexity index is 667. The summed E-state index contributed by atoms with van der Waals surface area (Å²) in [6.07, 6.45) is 1.08. The van der Waals surface area contributed by atoms with E-state index in [0.29, 0.717) is 6.54 Å². The normalized spacial score (nSPS) is 12.8. The predicted molar refractivity (Wildman–Crippen MR) is 92.0 cm³/mol. The molecule has 0 spiro atoms. The van der Waals surface area contributed by atoms with Gasteiger partial charge in [0.05, 0.1) is 0 Å². The van der Waals surface area contributed by atoms with Crippen LogP contribution in [0.3, 0.4) is 0 Å². The molecular formula is C19H22N2O2. The van der Waals surface area contributed by atoms with Crippen molar-refractivity contribution in [2.45, 2.75) is 13.3 Å². The molecule has 0 atom stereocenters. The van der Waals surface area contributed by atoms with E-state index >= 15 is 0 Å². The van der Waals surface area contributed by atoms with Crippen LogP contribution in [0.1, 0.15) is 11.1 Å². The minimum absolute atomic E-state index is 0.0552. The Morgan fingerprint density at radius 2 is 1.96 bits per heavy atom. The fourth-order valence-electron chi connectivity index (χ4n) is 2.80. The smallest absolute Gasteiger partial charge is 0.258 e. The van der Waals surface area contributed by atoms with Crippen molar-refractivity contribution in [3.8, 4) is 5.75 Å². The molecule has 1 aliphatic rings. The Morgan fingerprint density at radius 1 is 1.17 bits per heavy atom. The van der Waals surface area contributed by atoms with Crippen LogP contribution < -0.4 is 15.0 Å². The highest BCUT2D eigenvalue weighted by Gasteiger charge is 2.17. The third-order valence-electron chi connectivity index (χ3n) is 4.08. The number of carbonyl (C=O) groups is 1. The zero-order valence-corrected chi connectivity index (χ0v) is 13.4. The molecule has 23 heavy (non-hydrogen) atoms. The molecule has 0 saturated carbocycles. The minimum Gasteiger partial charge on any atom is -0.484 e. The molecule has 1 amide bonds. The molecule has 0 bridgehead atoms. The molecule has 0 aliphatic carbocycles. The van der Waals surface area contributed by atoms with Crippen LogP contribution in [0, 0.1) is 6.92 Å². The molecule has 120 valence electrons. The topological polar surface area (TPSA) is 41.6 Å². The Kier molecular flexibility index (Phi) is 4.81. The second kappa shape index (κ2) is 7.18. The molecule has 0 fully saturated rings. The van der Waals surface area contributed by atoms with Crippen LogP contribution in [0.5, 0.6) is 5.75 Å². The lowest BCUT2D eigenvalue weighted by atomic mass is 10.2. The van der Waals surface area contributed by atoms with Crippen LogP contribution in [0.15, 0.2) is 48.5 Å². The lowest BCUT2D eigenvalue weighted by molar-refractivity contribution is -0.123. The predicted octanol–water partition coefficient (Wildman–Crippen LogP) is 2.55. The van der Waals surface area contributed by atoms with Gasteiger partial charge in [0.1, 0.15) is 5.75 Å². The minimum atomic E-state index is -0.0851. The van der Waals surface area contributed by atoms with Gasteiger partial charge in [0.15, 0.2) is 6.61 Å². The summed E-state index contributed by atoms with van der Waals surface area (Å²) in [6.45, 7) is 4.55. The van der Waals surface area contributed by atoms with Gasteiger partial charge in [-0.05, 0) is 37.1 Å². The Morgan fingerprint density at radius 3 is 2.78 bits per heavy atom. The number of carbonyl (C=O) groups excluding carboxylic acids is 1. The number of nitrogens with one attached hydrogen (secondary N) is 1. The number of aryl methyl sites for hydroxylation is 1. The Balaban J connectivity index is 1.39. The van der Waals surface area contributed by atoms with Crippen molar-refractivity contribution in [3.63, 3.8) is 0 Å². The first-order valence-electron chi connectivity index (χ1n) is 8.01. The summed E-state index contributed by atoms with van der Waals surface area (Å²) in [7, 11) is 0. The molecule has 0 aromatic heterocycles. The average Bonchev–Trinajstić information content (AvgIpc) is 2.98. The van der Waals surface area contributed by atoms with Gasteiger partial charge in [-0.15, -0.1) is 0 Å². The molecule has 0 saturated heterocycles. The third kappa shape index (κ3) is 4.03. The second-order valence-corrected chi connectivity index (χ2v) is 5.82. The van der Waals surface area contributed by atoms with E-state index in [1.165, 1.54) is 16.8 Å². The van der Waals surface area contributed by atoms with Gasteiger partial charge in [0, 0.05) is 25.3 Å². The molecule has 2 aromatic rings. The summed E-state index contributed by atoms with van der Waals surface area (Å²) in [4.78, 5) is 14.2. The first kappa shape index (κ1) is 15.4. The highest BCUT2D eigenvalue weighted by molar-refractivity contribution is 5.77. The number of benzene rings is 2. The summed E-state index contributed by atoms with van der Waals surface area (Å²) in [6, 6.07) is 16.1. The third-order valence-corrected chi connectivity index (χ3v) is 4.08. The van der Waals surface area contributed by atoms with Gasteiger partial charge in [-0.2, -0.15) is 0 Å². The number of hydrogen-bond donors (Lipinski definition) is 1. The van der Waals surface area contributed by atoms with Crippen LogP contribution in [-0.4, -0.2) is 32.1 Å². The number of rotatable bonds is 6. The van der Waals surface area contributed by atoms with Gasteiger partial charge in [0.2, 0.25) is 0 Å². The number of para-hydroxylation sites is 1. The summed E-state index contributed by atoms with van der Waals surface area (Å²) < 4.78 is 5.48. The van der Waals surface area contributed by atoms with Crippen LogP contribution in [0.25, 0.3) is 0 Å². The van der Waals surface area contributed by atoms with Gasteiger partial charge in [-0.1, -0.05) is 35.9 Å². The fraction of sp³-hybridized carbons (Fsp3) is 0.316. The van der Waals surface area contributed by atoms with E-state index in [0.717, 1.165) is 25.3 Å². The number of amides is 1. The summed E-state index contributed by atoms with van der Waals surface area (Å²) >= 11 is 0. The molecule has 3 rings (SSSR count).